The molecule has 3 nitrogen and oxygen atoms in total. The first-order chi connectivity index (χ1) is 12.1. The second kappa shape index (κ2) is 6.14. The van der Waals surface area contributed by atoms with Crippen LogP contribution in [0.15, 0.2) is 42.5 Å². The number of benzene rings is 2. The number of nitrogens with one attached hydrogen (secondary N) is 1. The topological polar surface area (TPSA) is 30.5 Å². The second-order valence-electron chi connectivity index (χ2n) is 7.13. The summed E-state index contributed by atoms with van der Waals surface area (Å²) in [4.78, 5) is 0. The number of ether oxygens (including phenoxy) is 2. The maximum Gasteiger partial charge on any atom is 0.161 e. The zero-order valence-corrected chi connectivity index (χ0v) is 15.3. The molecule has 2 aliphatic rings. The van der Waals surface area contributed by atoms with Crippen LogP contribution in [-0.2, 0) is 0 Å². The zero-order valence-electron chi connectivity index (χ0n) is 15.3. The minimum Gasteiger partial charge on any atom is -0.493 e. The number of aryl methyl sites for hydroxylation is 2. The summed E-state index contributed by atoms with van der Waals surface area (Å²) in [6.45, 7) is 4.39. The van der Waals surface area contributed by atoms with E-state index in [1.165, 1.54) is 27.9 Å². The normalized spacial score (nSPS) is 23.6. The number of anilines is 1. The highest BCUT2D eigenvalue weighted by atomic mass is 16.5. The quantitative estimate of drug-likeness (QED) is 0.787. The summed E-state index contributed by atoms with van der Waals surface area (Å²) in [5, 5.41) is 3.82. The van der Waals surface area contributed by atoms with Crippen molar-refractivity contribution in [1.29, 1.82) is 0 Å². The smallest absolute Gasteiger partial charge is 0.161 e. The molecule has 3 atom stereocenters. The third kappa shape index (κ3) is 2.58. The van der Waals surface area contributed by atoms with Crippen molar-refractivity contribution in [1.82, 2.24) is 0 Å². The lowest BCUT2D eigenvalue weighted by Gasteiger charge is -2.38. The summed E-state index contributed by atoms with van der Waals surface area (Å²) in [7, 11) is 3.37. The Labute approximate surface area is 149 Å². The highest BCUT2D eigenvalue weighted by molar-refractivity contribution is 5.64. The largest absolute Gasteiger partial charge is 0.493 e. The molecule has 4 rings (SSSR count). The predicted octanol–water partition coefficient (Wildman–Crippen LogP) is 5.15. The van der Waals surface area contributed by atoms with E-state index in [0.29, 0.717) is 11.8 Å². The Balaban J connectivity index is 1.79. The van der Waals surface area contributed by atoms with E-state index in [-0.39, 0.29) is 6.04 Å². The summed E-state index contributed by atoms with van der Waals surface area (Å²) < 4.78 is 10.9. The summed E-state index contributed by atoms with van der Waals surface area (Å²) in [5.41, 5.74) is 6.66. The lowest BCUT2D eigenvalue weighted by atomic mass is 9.75. The summed E-state index contributed by atoms with van der Waals surface area (Å²) >= 11 is 0. The molecule has 0 saturated heterocycles. The molecule has 0 radical (unpaired) electrons. The molecule has 130 valence electrons. The fraction of sp³-hybridized carbons (Fsp3) is 0.364. The Bertz CT molecular complexity index is 840. The van der Waals surface area contributed by atoms with Gasteiger partial charge in [-0.25, -0.2) is 0 Å². The van der Waals surface area contributed by atoms with Gasteiger partial charge in [0.25, 0.3) is 0 Å². The van der Waals surface area contributed by atoms with Gasteiger partial charge in [0.1, 0.15) is 0 Å². The SMILES string of the molecule is COc1ccc(C2Nc3cc(C)cc(C)c3C3C=CCC32)cc1OC. The molecule has 2 aromatic carbocycles. The molecule has 0 amide bonds. The van der Waals surface area contributed by atoms with Crippen LogP contribution in [0.1, 0.15) is 40.6 Å². The molecule has 0 saturated carbocycles. The number of methoxy groups -OCH3 is 2. The van der Waals surface area contributed by atoms with E-state index in [9.17, 15) is 0 Å². The van der Waals surface area contributed by atoms with Crippen molar-refractivity contribution < 1.29 is 9.47 Å². The van der Waals surface area contributed by atoms with Crippen LogP contribution in [-0.4, -0.2) is 14.2 Å². The third-order valence-corrected chi connectivity index (χ3v) is 5.58. The van der Waals surface area contributed by atoms with Crippen molar-refractivity contribution >= 4 is 5.69 Å². The Morgan fingerprint density at radius 3 is 2.56 bits per heavy atom. The molecule has 1 heterocycles. The van der Waals surface area contributed by atoms with Crippen molar-refractivity contribution in [2.24, 2.45) is 5.92 Å². The molecule has 0 spiro atoms. The third-order valence-electron chi connectivity index (χ3n) is 5.58. The molecule has 2 aromatic rings. The lowest BCUT2D eigenvalue weighted by Crippen LogP contribution is -2.29. The van der Waals surface area contributed by atoms with Crippen LogP contribution in [0, 0.1) is 19.8 Å². The molecule has 1 N–H and O–H groups in total. The van der Waals surface area contributed by atoms with Crippen LogP contribution in [0.2, 0.25) is 0 Å². The van der Waals surface area contributed by atoms with E-state index in [0.717, 1.165) is 17.9 Å². The summed E-state index contributed by atoms with van der Waals surface area (Å²) in [6.07, 6.45) is 5.82. The van der Waals surface area contributed by atoms with E-state index in [4.69, 9.17) is 9.47 Å². The van der Waals surface area contributed by atoms with Crippen molar-refractivity contribution in [2.75, 3.05) is 19.5 Å². The summed E-state index contributed by atoms with van der Waals surface area (Å²) in [5.74, 6) is 2.58. The Morgan fingerprint density at radius 1 is 1.00 bits per heavy atom. The minimum absolute atomic E-state index is 0.272. The molecule has 0 aromatic heterocycles. The van der Waals surface area contributed by atoms with Crippen LogP contribution in [0.25, 0.3) is 0 Å². The molecule has 3 unspecified atom stereocenters. The molecule has 0 fully saturated rings. The number of hydrogen-bond donors (Lipinski definition) is 1. The van der Waals surface area contributed by atoms with E-state index in [1.54, 1.807) is 14.2 Å². The van der Waals surface area contributed by atoms with Gasteiger partial charge in [0, 0.05) is 11.6 Å². The first kappa shape index (κ1) is 16.1. The average Bonchev–Trinajstić information content (AvgIpc) is 3.09. The highest BCUT2D eigenvalue weighted by Gasteiger charge is 2.38. The molecule has 1 aliphatic carbocycles. The van der Waals surface area contributed by atoms with Crippen molar-refractivity contribution in [2.45, 2.75) is 32.2 Å². The van der Waals surface area contributed by atoms with Crippen molar-refractivity contribution in [3.63, 3.8) is 0 Å². The van der Waals surface area contributed by atoms with Gasteiger partial charge in [-0.15, -0.1) is 0 Å². The Kier molecular flexibility index (Phi) is 3.95. The fourth-order valence-electron chi connectivity index (χ4n) is 4.52. The van der Waals surface area contributed by atoms with Gasteiger partial charge in [-0.3, -0.25) is 0 Å². The average molecular weight is 335 g/mol. The fourth-order valence-corrected chi connectivity index (χ4v) is 4.52. The zero-order chi connectivity index (χ0) is 17.6. The van der Waals surface area contributed by atoms with E-state index in [1.807, 2.05) is 6.07 Å². The van der Waals surface area contributed by atoms with Crippen LogP contribution in [0.5, 0.6) is 11.5 Å². The molecule has 0 bridgehead atoms. The van der Waals surface area contributed by atoms with E-state index in [2.05, 4.69) is 55.6 Å². The van der Waals surface area contributed by atoms with Crippen LogP contribution >= 0.6 is 0 Å². The monoisotopic (exact) mass is 335 g/mol. The van der Waals surface area contributed by atoms with Crippen LogP contribution < -0.4 is 14.8 Å². The Hall–Kier alpha value is -2.42. The number of allylic oxidation sites excluding steroid dienone is 2. The minimum atomic E-state index is 0.272. The summed E-state index contributed by atoms with van der Waals surface area (Å²) in [6, 6.07) is 11.1. The second-order valence-corrected chi connectivity index (χ2v) is 7.13. The molecule has 25 heavy (non-hydrogen) atoms. The number of rotatable bonds is 3. The van der Waals surface area contributed by atoms with Gasteiger partial charge in [-0.05, 0) is 66.6 Å². The van der Waals surface area contributed by atoms with Gasteiger partial charge in [0.15, 0.2) is 11.5 Å². The first-order valence-electron chi connectivity index (χ1n) is 8.88. The highest BCUT2D eigenvalue weighted by Crippen LogP contribution is 2.51. The predicted molar refractivity (Wildman–Crippen MR) is 102 cm³/mol. The van der Waals surface area contributed by atoms with Gasteiger partial charge < -0.3 is 14.8 Å². The van der Waals surface area contributed by atoms with Crippen molar-refractivity contribution in [3.8, 4) is 11.5 Å². The van der Waals surface area contributed by atoms with E-state index < -0.39 is 0 Å². The molecular formula is C22H25NO2. The van der Waals surface area contributed by atoms with E-state index >= 15 is 0 Å². The molecule has 1 aliphatic heterocycles. The number of fused-ring (bicyclic) bond motifs is 3. The maximum absolute atomic E-state index is 5.52. The van der Waals surface area contributed by atoms with Crippen molar-refractivity contribution in [3.05, 3.63) is 64.7 Å². The van der Waals surface area contributed by atoms with Gasteiger partial charge >= 0.3 is 0 Å². The van der Waals surface area contributed by atoms with Crippen LogP contribution in [0.3, 0.4) is 0 Å². The Morgan fingerprint density at radius 2 is 1.80 bits per heavy atom. The molecular weight excluding hydrogens is 310 g/mol. The van der Waals surface area contributed by atoms with Crippen LogP contribution in [0.4, 0.5) is 5.69 Å². The van der Waals surface area contributed by atoms with Gasteiger partial charge in [-0.2, -0.15) is 0 Å². The van der Waals surface area contributed by atoms with Gasteiger partial charge in [-0.1, -0.05) is 24.3 Å². The molecule has 3 heteroatoms. The van der Waals surface area contributed by atoms with Gasteiger partial charge in [0.05, 0.1) is 20.3 Å². The maximum atomic E-state index is 5.52. The first-order valence-corrected chi connectivity index (χ1v) is 8.88. The lowest BCUT2D eigenvalue weighted by molar-refractivity contribution is 0.353. The van der Waals surface area contributed by atoms with Gasteiger partial charge in [0.2, 0.25) is 0 Å². The standard InChI is InChI=1S/C22H25NO2/c1-13-10-14(2)21-16-6-5-7-17(16)22(23-18(21)11-13)15-8-9-19(24-3)20(12-15)25-4/h5-6,8-12,16-17,22-23H,7H2,1-4H3. The number of hydrogen-bond acceptors (Lipinski definition) is 3.